The van der Waals surface area contributed by atoms with Crippen LogP contribution in [0.25, 0.3) is 0 Å². The van der Waals surface area contributed by atoms with Gasteiger partial charge in [0, 0.05) is 12.2 Å². The Balaban J connectivity index is 1.91. The fourth-order valence-electron chi connectivity index (χ4n) is 1.83. The second-order valence-corrected chi connectivity index (χ2v) is 5.03. The number of aryl methyl sites for hydroxylation is 1. The van der Waals surface area contributed by atoms with Crippen LogP contribution in [0.5, 0.6) is 5.75 Å². The van der Waals surface area contributed by atoms with Crippen LogP contribution in [0, 0.1) is 6.92 Å². The lowest BCUT2D eigenvalue weighted by Crippen LogP contribution is -2.05. The van der Waals surface area contributed by atoms with Gasteiger partial charge in [-0.2, -0.15) is 0 Å². The largest absolute Gasteiger partial charge is 0.491 e. The van der Waals surface area contributed by atoms with Crippen LogP contribution in [0.15, 0.2) is 48.5 Å². The molecular weight excluding hydrogens is 234 g/mol. The van der Waals surface area contributed by atoms with Crippen molar-refractivity contribution in [1.82, 2.24) is 0 Å². The van der Waals surface area contributed by atoms with Crippen LogP contribution >= 0.6 is 0 Å². The third kappa shape index (κ3) is 4.32. The number of nitrogens with one attached hydrogen (secondary N) is 1. The van der Waals surface area contributed by atoms with Crippen LogP contribution in [0.4, 0.5) is 5.69 Å². The van der Waals surface area contributed by atoms with E-state index in [1.54, 1.807) is 0 Å². The molecule has 19 heavy (non-hydrogen) atoms. The molecule has 0 atom stereocenters. The zero-order valence-corrected chi connectivity index (χ0v) is 11.8. The molecular formula is C17H21NO. The van der Waals surface area contributed by atoms with E-state index in [-0.39, 0.29) is 6.10 Å². The molecule has 2 aromatic carbocycles. The van der Waals surface area contributed by atoms with E-state index in [9.17, 15) is 0 Å². The van der Waals surface area contributed by atoms with Crippen molar-refractivity contribution in [2.75, 3.05) is 5.32 Å². The average molecular weight is 255 g/mol. The van der Waals surface area contributed by atoms with E-state index in [4.69, 9.17) is 4.74 Å². The molecule has 0 saturated heterocycles. The molecule has 0 heterocycles. The minimum atomic E-state index is 0.214. The molecule has 2 nitrogen and oxygen atoms in total. The van der Waals surface area contributed by atoms with E-state index in [0.29, 0.717) is 0 Å². The number of ether oxygens (including phenoxy) is 1. The van der Waals surface area contributed by atoms with Gasteiger partial charge in [-0.05, 0) is 50.6 Å². The monoisotopic (exact) mass is 255 g/mol. The Labute approximate surface area is 115 Å². The maximum absolute atomic E-state index is 5.62. The zero-order chi connectivity index (χ0) is 13.7. The molecule has 0 aromatic heterocycles. The predicted octanol–water partition coefficient (Wildman–Crippen LogP) is 4.39. The van der Waals surface area contributed by atoms with E-state index in [1.807, 2.05) is 38.1 Å². The lowest BCUT2D eigenvalue weighted by Gasteiger charge is -2.11. The standard InChI is InChI=1S/C17H21NO/c1-13(2)19-17-10-8-16(9-11-17)18-12-15-6-4-14(3)5-7-15/h4-11,13,18H,12H2,1-3H3. The van der Waals surface area contributed by atoms with Crippen molar-refractivity contribution in [3.05, 3.63) is 59.7 Å². The summed E-state index contributed by atoms with van der Waals surface area (Å²) < 4.78 is 5.62. The van der Waals surface area contributed by atoms with Gasteiger partial charge in [-0.1, -0.05) is 29.8 Å². The van der Waals surface area contributed by atoms with Crippen LogP contribution in [-0.2, 0) is 6.54 Å². The van der Waals surface area contributed by atoms with Gasteiger partial charge in [0.05, 0.1) is 6.10 Å². The van der Waals surface area contributed by atoms with Crippen molar-refractivity contribution in [3.63, 3.8) is 0 Å². The van der Waals surface area contributed by atoms with Gasteiger partial charge < -0.3 is 10.1 Å². The number of rotatable bonds is 5. The molecule has 0 aliphatic carbocycles. The summed E-state index contributed by atoms with van der Waals surface area (Å²) in [5.41, 5.74) is 3.68. The molecule has 0 aliphatic rings. The Bertz CT molecular complexity index is 500. The average Bonchev–Trinajstić information content (AvgIpc) is 2.39. The highest BCUT2D eigenvalue weighted by molar-refractivity contribution is 5.46. The van der Waals surface area contributed by atoms with Gasteiger partial charge in [0.25, 0.3) is 0 Å². The molecule has 0 bridgehead atoms. The Morgan fingerprint density at radius 1 is 0.947 bits per heavy atom. The molecule has 0 unspecified atom stereocenters. The topological polar surface area (TPSA) is 21.3 Å². The molecule has 0 amide bonds. The van der Waals surface area contributed by atoms with Gasteiger partial charge in [0.15, 0.2) is 0 Å². The van der Waals surface area contributed by atoms with Gasteiger partial charge in [-0.25, -0.2) is 0 Å². The molecule has 0 spiro atoms. The Morgan fingerprint density at radius 2 is 1.58 bits per heavy atom. The summed E-state index contributed by atoms with van der Waals surface area (Å²) in [5, 5.41) is 3.41. The van der Waals surface area contributed by atoms with Crippen LogP contribution in [0.2, 0.25) is 0 Å². The molecule has 2 rings (SSSR count). The van der Waals surface area contributed by atoms with Crippen LogP contribution in [0.3, 0.4) is 0 Å². The second-order valence-electron chi connectivity index (χ2n) is 5.03. The summed E-state index contributed by atoms with van der Waals surface area (Å²) in [5.74, 6) is 0.913. The molecule has 0 radical (unpaired) electrons. The van der Waals surface area contributed by atoms with Crippen molar-refractivity contribution >= 4 is 5.69 Å². The molecule has 2 heteroatoms. The highest BCUT2D eigenvalue weighted by Crippen LogP contribution is 2.17. The van der Waals surface area contributed by atoms with Gasteiger partial charge in [-0.3, -0.25) is 0 Å². The highest BCUT2D eigenvalue weighted by Gasteiger charge is 1.98. The first kappa shape index (κ1) is 13.5. The lowest BCUT2D eigenvalue weighted by molar-refractivity contribution is 0.242. The van der Waals surface area contributed by atoms with Crippen molar-refractivity contribution in [2.24, 2.45) is 0 Å². The summed E-state index contributed by atoms with van der Waals surface area (Å²) in [6.45, 7) is 7.00. The molecule has 0 saturated carbocycles. The van der Waals surface area contributed by atoms with Crippen molar-refractivity contribution in [2.45, 2.75) is 33.4 Å². The number of anilines is 1. The normalized spacial score (nSPS) is 10.5. The highest BCUT2D eigenvalue weighted by atomic mass is 16.5. The van der Waals surface area contributed by atoms with E-state index in [2.05, 4.69) is 36.5 Å². The number of hydrogen-bond acceptors (Lipinski definition) is 2. The van der Waals surface area contributed by atoms with Gasteiger partial charge in [0.1, 0.15) is 5.75 Å². The number of hydrogen-bond donors (Lipinski definition) is 1. The number of benzene rings is 2. The molecule has 100 valence electrons. The summed E-state index contributed by atoms with van der Waals surface area (Å²) in [4.78, 5) is 0. The maximum atomic E-state index is 5.62. The maximum Gasteiger partial charge on any atom is 0.119 e. The van der Waals surface area contributed by atoms with E-state index < -0.39 is 0 Å². The third-order valence-electron chi connectivity index (χ3n) is 2.84. The fourth-order valence-corrected chi connectivity index (χ4v) is 1.83. The predicted molar refractivity (Wildman–Crippen MR) is 80.7 cm³/mol. The first-order valence-electron chi connectivity index (χ1n) is 6.69. The minimum absolute atomic E-state index is 0.214. The van der Waals surface area contributed by atoms with Crippen LogP contribution in [0.1, 0.15) is 25.0 Å². The van der Waals surface area contributed by atoms with E-state index in [0.717, 1.165) is 18.0 Å². The third-order valence-corrected chi connectivity index (χ3v) is 2.84. The second kappa shape index (κ2) is 6.28. The van der Waals surface area contributed by atoms with Crippen LogP contribution < -0.4 is 10.1 Å². The Morgan fingerprint density at radius 3 is 2.16 bits per heavy atom. The molecule has 0 fully saturated rings. The van der Waals surface area contributed by atoms with Crippen LogP contribution in [-0.4, -0.2) is 6.10 Å². The molecule has 2 aromatic rings. The van der Waals surface area contributed by atoms with Crippen molar-refractivity contribution in [3.8, 4) is 5.75 Å². The van der Waals surface area contributed by atoms with Gasteiger partial charge in [-0.15, -0.1) is 0 Å². The fraction of sp³-hybridized carbons (Fsp3) is 0.294. The Kier molecular flexibility index (Phi) is 4.45. The molecule has 1 N–H and O–H groups in total. The summed E-state index contributed by atoms with van der Waals surface area (Å²) in [7, 11) is 0. The summed E-state index contributed by atoms with van der Waals surface area (Å²) >= 11 is 0. The first-order chi connectivity index (χ1) is 9.13. The van der Waals surface area contributed by atoms with E-state index >= 15 is 0 Å². The summed E-state index contributed by atoms with van der Waals surface area (Å²) in [6, 6.07) is 16.7. The Hall–Kier alpha value is -1.96. The minimum Gasteiger partial charge on any atom is -0.491 e. The SMILES string of the molecule is Cc1ccc(CNc2ccc(OC(C)C)cc2)cc1. The lowest BCUT2D eigenvalue weighted by atomic mass is 10.1. The van der Waals surface area contributed by atoms with E-state index in [1.165, 1.54) is 11.1 Å². The first-order valence-corrected chi connectivity index (χ1v) is 6.69. The van der Waals surface area contributed by atoms with Gasteiger partial charge in [0.2, 0.25) is 0 Å². The smallest absolute Gasteiger partial charge is 0.119 e. The van der Waals surface area contributed by atoms with Gasteiger partial charge >= 0.3 is 0 Å². The zero-order valence-electron chi connectivity index (χ0n) is 11.8. The quantitative estimate of drug-likeness (QED) is 0.855. The van der Waals surface area contributed by atoms with Crippen molar-refractivity contribution < 1.29 is 4.74 Å². The molecule has 0 aliphatic heterocycles. The summed E-state index contributed by atoms with van der Waals surface area (Å²) in [6.07, 6.45) is 0.214. The van der Waals surface area contributed by atoms with Crippen molar-refractivity contribution in [1.29, 1.82) is 0 Å².